The van der Waals surface area contributed by atoms with E-state index in [1.54, 1.807) is 0 Å². The Morgan fingerprint density at radius 2 is 2.27 bits per heavy atom. The molecule has 1 fully saturated rings. The van der Waals surface area contributed by atoms with Gasteiger partial charge in [-0.3, -0.25) is 0 Å². The van der Waals surface area contributed by atoms with E-state index in [2.05, 4.69) is 4.99 Å². The van der Waals surface area contributed by atoms with E-state index in [0.29, 0.717) is 13.0 Å². The predicted octanol–water partition coefficient (Wildman–Crippen LogP) is -0.243. The number of isocyanates is 1. The van der Waals surface area contributed by atoms with Gasteiger partial charge in [0.05, 0.1) is 18.1 Å². The molecule has 1 atom stereocenters. The molecule has 0 amide bonds. The van der Waals surface area contributed by atoms with Crippen molar-refractivity contribution in [1.82, 2.24) is 0 Å². The van der Waals surface area contributed by atoms with E-state index in [4.69, 9.17) is 0 Å². The molecule has 4 nitrogen and oxygen atoms in total. The summed E-state index contributed by atoms with van der Waals surface area (Å²) in [6.45, 7) is 0.308. The van der Waals surface area contributed by atoms with E-state index in [1.165, 1.54) is 6.08 Å². The maximum Gasteiger partial charge on any atom is 0.234 e. The topological polar surface area (TPSA) is 63.6 Å². The first-order valence-electron chi connectivity index (χ1n) is 3.38. The number of carbonyl (C=O) groups excluding carboxylic acids is 1. The molecule has 0 aliphatic carbocycles. The summed E-state index contributed by atoms with van der Waals surface area (Å²) < 4.78 is 21.7. The van der Waals surface area contributed by atoms with Crippen LogP contribution in [0.5, 0.6) is 0 Å². The number of sulfone groups is 1. The molecule has 0 aromatic rings. The zero-order valence-electron chi connectivity index (χ0n) is 5.99. The highest BCUT2D eigenvalue weighted by Crippen LogP contribution is 2.17. The van der Waals surface area contributed by atoms with E-state index in [9.17, 15) is 13.2 Å². The van der Waals surface area contributed by atoms with Gasteiger partial charge in [-0.25, -0.2) is 18.2 Å². The quantitative estimate of drug-likeness (QED) is 0.429. The maximum atomic E-state index is 10.9. The average Bonchev–Trinajstić information content (AvgIpc) is 2.26. The lowest BCUT2D eigenvalue weighted by atomic mass is 10.1. The van der Waals surface area contributed by atoms with Gasteiger partial charge in [-0.15, -0.1) is 0 Å². The minimum atomic E-state index is -2.82. The molecule has 0 aromatic heterocycles. The third-order valence-corrected chi connectivity index (χ3v) is 3.58. The highest BCUT2D eigenvalue weighted by molar-refractivity contribution is 7.91. The smallest absolute Gasteiger partial charge is 0.229 e. The summed E-state index contributed by atoms with van der Waals surface area (Å²) in [6.07, 6.45) is 2.03. The fourth-order valence-electron chi connectivity index (χ4n) is 1.18. The summed E-state index contributed by atoms with van der Waals surface area (Å²) in [5, 5.41) is 0. The van der Waals surface area contributed by atoms with Crippen LogP contribution in [0.2, 0.25) is 0 Å². The fourth-order valence-corrected chi connectivity index (χ4v) is 3.03. The van der Waals surface area contributed by atoms with E-state index in [-0.39, 0.29) is 17.4 Å². The van der Waals surface area contributed by atoms with Gasteiger partial charge in [0.25, 0.3) is 0 Å². The van der Waals surface area contributed by atoms with Crippen molar-refractivity contribution in [2.24, 2.45) is 10.9 Å². The lowest BCUT2D eigenvalue weighted by Crippen LogP contribution is -2.07. The van der Waals surface area contributed by atoms with Crippen molar-refractivity contribution in [3.8, 4) is 0 Å². The Morgan fingerprint density at radius 1 is 1.55 bits per heavy atom. The van der Waals surface area contributed by atoms with Crippen molar-refractivity contribution in [3.63, 3.8) is 0 Å². The molecule has 1 saturated heterocycles. The van der Waals surface area contributed by atoms with Crippen LogP contribution >= 0.6 is 0 Å². The molecule has 1 aliphatic rings. The van der Waals surface area contributed by atoms with Gasteiger partial charge >= 0.3 is 0 Å². The minimum Gasteiger partial charge on any atom is -0.229 e. The molecule has 5 heteroatoms. The molecule has 0 spiro atoms. The summed E-state index contributed by atoms with van der Waals surface area (Å²) in [5.74, 6) is 0.464. The van der Waals surface area contributed by atoms with Crippen LogP contribution in [0.1, 0.15) is 6.42 Å². The van der Waals surface area contributed by atoms with Gasteiger partial charge in [0, 0.05) is 0 Å². The van der Waals surface area contributed by atoms with Crippen LogP contribution in [-0.4, -0.2) is 32.5 Å². The van der Waals surface area contributed by atoms with Gasteiger partial charge in [0.15, 0.2) is 9.84 Å². The monoisotopic (exact) mass is 175 g/mol. The summed E-state index contributed by atoms with van der Waals surface area (Å²) in [7, 11) is -2.82. The largest absolute Gasteiger partial charge is 0.234 e. The number of hydrogen-bond donors (Lipinski definition) is 0. The second-order valence-electron chi connectivity index (χ2n) is 2.70. The molecule has 1 heterocycles. The van der Waals surface area contributed by atoms with Crippen LogP contribution in [0.4, 0.5) is 0 Å². The Balaban J connectivity index is 2.49. The molecule has 62 valence electrons. The van der Waals surface area contributed by atoms with Gasteiger partial charge in [-0.1, -0.05) is 0 Å². The third kappa shape index (κ3) is 2.44. The molecule has 11 heavy (non-hydrogen) atoms. The fraction of sp³-hybridized carbons (Fsp3) is 0.833. The van der Waals surface area contributed by atoms with Crippen LogP contribution in [0.3, 0.4) is 0 Å². The lowest BCUT2D eigenvalue weighted by molar-refractivity contribution is 0.553. The van der Waals surface area contributed by atoms with Crippen LogP contribution < -0.4 is 0 Å². The van der Waals surface area contributed by atoms with Gasteiger partial charge in [-0.2, -0.15) is 0 Å². The number of nitrogens with zero attached hydrogens (tertiary/aromatic N) is 1. The predicted molar refractivity (Wildman–Crippen MR) is 39.7 cm³/mol. The zero-order chi connectivity index (χ0) is 8.32. The van der Waals surface area contributed by atoms with Crippen LogP contribution in [0.25, 0.3) is 0 Å². The summed E-state index contributed by atoms with van der Waals surface area (Å²) >= 11 is 0. The molecule has 1 aliphatic heterocycles. The van der Waals surface area contributed by atoms with Crippen LogP contribution in [-0.2, 0) is 14.6 Å². The van der Waals surface area contributed by atoms with Gasteiger partial charge in [0.2, 0.25) is 6.08 Å². The first-order valence-corrected chi connectivity index (χ1v) is 5.20. The van der Waals surface area contributed by atoms with Gasteiger partial charge in [0.1, 0.15) is 0 Å². The lowest BCUT2D eigenvalue weighted by Gasteiger charge is -1.98. The third-order valence-electron chi connectivity index (χ3n) is 1.74. The molecule has 0 saturated carbocycles. The van der Waals surface area contributed by atoms with E-state index in [1.807, 2.05) is 0 Å². The Kier molecular flexibility index (Phi) is 2.42. The van der Waals surface area contributed by atoms with E-state index in [0.717, 1.165) is 0 Å². The highest BCUT2D eigenvalue weighted by atomic mass is 32.2. The SMILES string of the molecule is O=C=NC[C@H]1CCS(=O)(=O)C1. The Morgan fingerprint density at radius 3 is 2.73 bits per heavy atom. The van der Waals surface area contributed by atoms with E-state index >= 15 is 0 Å². The Bertz CT molecular complexity index is 276. The van der Waals surface area contributed by atoms with Crippen LogP contribution in [0, 0.1) is 5.92 Å². The van der Waals surface area contributed by atoms with Crippen molar-refractivity contribution in [2.75, 3.05) is 18.1 Å². The Hall–Kier alpha value is -0.670. The summed E-state index contributed by atoms with van der Waals surface area (Å²) in [6, 6.07) is 0. The van der Waals surface area contributed by atoms with Crippen molar-refractivity contribution >= 4 is 15.9 Å². The number of hydrogen-bond acceptors (Lipinski definition) is 4. The maximum absolute atomic E-state index is 10.9. The van der Waals surface area contributed by atoms with Crippen molar-refractivity contribution in [2.45, 2.75) is 6.42 Å². The molecule has 1 rings (SSSR count). The number of rotatable bonds is 2. The van der Waals surface area contributed by atoms with Crippen molar-refractivity contribution in [1.29, 1.82) is 0 Å². The van der Waals surface area contributed by atoms with Crippen molar-refractivity contribution < 1.29 is 13.2 Å². The molecule has 0 radical (unpaired) electrons. The van der Waals surface area contributed by atoms with E-state index < -0.39 is 9.84 Å². The Labute approximate surface area is 65.2 Å². The molecular weight excluding hydrogens is 166 g/mol. The summed E-state index contributed by atoms with van der Waals surface area (Å²) in [4.78, 5) is 13.0. The van der Waals surface area contributed by atoms with Crippen molar-refractivity contribution in [3.05, 3.63) is 0 Å². The van der Waals surface area contributed by atoms with Gasteiger partial charge in [-0.05, 0) is 12.3 Å². The number of aliphatic imine (C=N–C) groups is 1. The first kappa shape index (κ1) is 8.43. The second kappa shape index (κ2) is 3.15. The molecular formula is C6H9NO3S. The standard InChI is InChI=1S/C6H9NO3S/c8-5-7-3-6-1-2-11(9,10)4-6/h6H,1-4H2/t6-/m1/s1. The van der Waals surface area contributed by atoms with Crippen LogP contribution in [0.15, 0.2) is 4.99 Å². The molecule has 0 aromatic carbocycles. The normalized spacial score (nSPS) is 27.8. The highest BCUT2D eigenvalue weighted by Gasteiger charge is 2.27. The second-order valence-corrected chi connectivity index (χ2v) is 4.93. The molecule has 0 unspecified atom stereocenters. The molecule has 0 bridgehead atoms. The zero-order valence-corrected chi connectivity index (χ0v) is 6.80. The first-order chi connectivity index (χ1) is 5.14. The summed E-state index contributed by atoms with van der Waals surface area (Å²) in [5.41, 5.74) is 0. The minimum absolute atomic E-state index is 0.0430. The average molecular weight is 175 g/mol. The van der Waals surface area contributed by atoms with Gasteiger partial charge < -0.3 is 0 Å². The molecule has 0 N–H and O–H groups in total.